The van der Waals surface area contributed by atoms with Crippen molar-refractivity contribution in [2.75, 3.05) is 25.7 Å². The molecule has 0 N–H and O–H groups in total. The Labute approximate surface area is 192 Å². The Morgan fingerprint density at radius 3 is 2.18 bits per heavy atom. The normalized spacial score (nSPS) is 17.2. The minimum atomic E-state index is -0.737. The molecule has 2 unspecified atom stereocenters. The summed E-state index contributed by atoms with van der Waals surface area (Å²) in [6.07, 6.45) is -0.737. The second kappa shape index (κ2) is 9.65. The number of carbonyl (C=O) groups excluding carboxylic acids is 2. The van der Waals surface area contributed by atoms with Gasteiger partial charge in [-0.05, 0) is 61.5 Å². The van der Waals surface area contributed by atoms with Gasteiger partial charge in [-0.2, -0.15) is 0 Å². The molecule has 7 nitrogen and oxygen atoms in total. The number of amides is 1. The van der Waals surface area contributed by atoms with E-state index in [0.29, 0.717) is 35.1 Å². The zero-order valence-electron chi connectivity index (χ0n) is 18.7. The lowest BCUT2D eigenvalue weighted by molar-refractivity contribution is -0.135. The quantitative estimate of drug-likeness (QED) is 0.376. The van der Waals surface area contributed by atoms with Crippen molar-refractivity contribution in [3.8, 4) is 17.2 Å². The standard InChI is InChI=1S/C26H25NO6/c1-4-32-26(29)17-9-11-18(12-10-17)27-23(21-7-5-6-8-22(21)31-3)24(25(27)28)33-20-15-13-19(30-2)14-16-20/h5-16,23-24H,4H2,1-3H3. The summed E-state index contributed by atoms with van der Waals surface area (Å²) in [6, 6.07) is 21.0. The van der Waals surface area contributed by atoms with Gasteiger partial charge in [0.15, 0.2) is 0 Å². The fourth-order valence-corrected chi connectivity index (χ4v) is 3.85. The highest BCUT2D eigenvalue weighted by atomic mass is 16.5. The van der Waals surface area contributed by atoms with Crippen LogP contribution in [0.25, 0.3) is 0 Å². The summed E-state index contributed by atoms with van der Waals surface area (Å²) in [6.45, 7) is 2.05. The Morgan fingerprint density at radius 2 is 1.55 bits per heavy atom. The highest BCUT2D eigenvalue weighted by Gasteiger charge is 2.52. The van der Waals surface area contributed by atoms with Gasteiger partial charge in [-0.25, -0.2) is 4.79 Å². The zero-order chi connectivity index (χ0) is 23.4. The maximum atomic E-state index is 13.2. The van der Waals surface area contributed by atoms with Crippen LogP contribution in [-0.4, -0.2) is 38.8 Å². The van der Waals surface area contributed by atoms with Gasteiger partial charge in [0.05, 0.1) is 26.4 Å². The van der Waals surface area contributed by atoms with E-state index in [1.807, 2.05) is 24.3 Å². The van der Waals surface area contributed by atoms with Gasteiger partial charge in [0, 0.05) is 11.3 Å². The number of para-hydroxylation sites is 1. The van der Waals surface area contributed by atoms with Crippen LogP contribution in [0.4, 0.5) is 5.69 Å². The van der Waals surface area contributed by atoms with Crippen molar-refractivity contribution >= 4 is 17.6 Å². The highest BCUT2D eigenvalue weighted by Crippen LogP contribution is 2.44. The number of hydrogen-bond donors (Lipinski definition) is 0. The van der Waals surface area contributed by atoms with Crippen LogP contribution < -0.4 is 19.1 Å². The fourth-order valence-electron chi connectivity index (χ4n) is 3.85. The predicted molar refractivity (Wildman–Crippen MR) is 123 cm³/mol. The number of methoxy groups -OCH3 is 2. The first-order chi connectivity index (χ1) is 16.1. The van der Waals surface area contributed by atoms with Crippen molar-refractivity contribution < 1.29 is 28.5 Å². The molecule has 1 aliphatic rings. The molecular weight excluding hydrogens is 422 g/mol. The molecule has 0 aliphatic carbocycles. The predicted octanol–water partition coefficient (Wildman–Crippen LogP) is 4.42. The molecule has 4 rings (SSSR count). The number of benzene rings is 3. The highest BCUT2D eigenvalue weighted by molar-refractivity contribution is 6.05. The zero-order valence-corrected chi connectivity index (χ0v) is 18.7. The maximum Gasteiger partial charge on any atom is 0.338 e. The largest absolute Gasteiger partial charge is 0.497 e. The second-order valence-electron chi connectivity index (χ2n) is 7.38. The summed E-state index contributed by atoms with van der Waals surface area (Å²) in [5, 5.41) is 0. The summed E-state index contributed by atoms with van der Waals surface area (Å²) in [5.41, 5.74) is 1.90. The molecule has 3 aromatic rings. The lowest BCUT2D eigenvalue weighted by Crippen LogP contribution is -2.61. The van der Waals surface area contributed by atoms with Crippen LogP contribution in [0, 0.1) is 0 Å². The Kier molecular flexibility index (Phi) is 6.49. The Bertz CT molecular complexity index is 1130. The van der Waals surface area contributed by atoms with Gasteiger partial charge in [0.25, 0.3) is 5.91 Å². The van der Waals surface area contributed by atoms with Crippen LogP contribution in [0.3, 0.4) is 0 Å². The van der Waals surface area contributed by atoms with E-state index in [9.17, 15) is 9.59 Å². The minimum absolute atomic E-state index is 0.189. The molecule has 7 heteroatoms. The number of carbonyl (C=O) groups is 2. The Hall–Kier alpha value is -4.00. The maximum absolute atomic E-state index is 13.2. The number of nitrogens with zero attached hydrogens (tertiary/aromatic N) is 1. The third-order valence-corrected chi connectivity index (χ3v) is 5.48. The van der Waals surface area contributed by atoms with Crippen LogP contribution >= 0.6 is 0 Å². The molecule has 0 radical (unpaired) electrons. The molecule has 1 aliphatic heterocycles. The molecule has 3 aromatic carbocycles. The first kappa shape index (κ1) is 22.2. The summed E-state index contributed by atoms with van der Waals surface area (Å²) < 4.78 is 21.9. The van der Waals surface area contributed by atoms with Crippen LogP contribution in [0.5, 0.6) is 17.2 Å². The summed E-state index contributed by atoms with van der Waals surface area (Å²) in [5.74, 6) is 1.33. The van der Waals surface area contributed by atoms with Crippen molar-refractivity contribution in [1.82, 2.24) is 0 Å². The second-order valence-corrected chi connectivity index (χ2v) is 7.38. The van der Waals surface area contributed by atoms with Crippen molar-refractivity contribution in [3.63, 3.8) is 0 Å². The Balaban J connectivity index is 1.66. The summed E-state index contributed by atoms with van der Waals surface area (Å²) >= 11 is 0. The SMILES string of the molecule is CCOC(=O)c1ccc(N2C(=O)C(Oc3ccc(OC)cc3)C2c2ccccc2OC)cc1. The van der Waals surface area contributed by atoms with Crippen LogP contribution in [0.2, 0.25) is 0 Å². The third kappa shape index (κ3) is 4.35. The lowest BCUT2D eigenvalue weighted by Gasteiger charge is -2.47. The molecule has 0 aromatic heterocycles. The van der Waals surface area contributed by atoms with Gasteiger partial charge >= 0.3 is 5.97 Å². The smallest absolute Gasteiger partial charge is 0.338 e. The van der Waals surface area contributed by atoms with E-state index in [4.69, 9.17) is 18.9 Å². The van der Waals surface area contributed by atoms with Gasteiger partial charge in [0.1, 0.15) is 23.3 Å². The topological polar surface area (TPSA) is 74.3 Å². The molecule has 0 spiro atoms. The van der Waals surface area contributed by atoms with Crippen LogP contribution in [0.1, 0.15) is 28.9 Å². The van der Waals surface area contributed by atoms with Crippen LogP contribution in [0.15, 0.2) is 72.8 Å². The molecule has 170 valence electrons. The number of β-lactam (4-membered cyclic amide) rings is 1. The van der Waals surface area contributed by atoms with Gasteiger partial charge < -0.3 is 18.9 Å². The lowest BCUT2D eigenvalue weighted by atomic mass is 9.89. The average molecular weight is 447 g/mol. The van der Waals surface area contributed by atoms with Crippen molar-refractivity contribution in [1.29, 1.82) is 0 Å². The van der Waals surface area contributed by atoms with Crippen molar-refractivity contribution in [2.45, 2.75) is 19.1 Å². The molecule has 1 heterocycles. The van der Waals surface area contributed by atoms with E-state index in [0.717, 1.165) is 5.56 Å². The number of hydrogen-bond acceptors (Lipinski definition) is 6. The molecule has 1 fully saturated rings. The number of rotatable bonds is 8. The summed E-state index contributed by atoms with van der Waals surface area (Å²) in [4.78, 5) is 26.9. The average Bonchev–Trinajstić information content (AvgIpc) is 2.86. The van der Waals surface area contributed by atoms with E-state index < -0.39 is 18.1 Å². The molecule has 0 saturated carbocycles. The molecule has 2 atom stereocenters. The molecule has 1 saturated heterocycles. The van der Waals surface area contributed by atoms with E-state index in [1.54, 1.807) is 74.6 Å². The molecular formula is C26H25NO6. The fraction of sp³-hybridized carbons (Fsp3) is 0.231. The molecule has 33 heavy (non-hydrogen) atoms. The number of anilines is 1. The molecule has 1 amide bonds. The van der Waals surface area contributed by atoms with Gasteiger partial charge in [-0.3, -0.25) is 9.69 Å². The summed E-state index contributed by atoms with van der Waals surface area (Å²) in [7, 11) is 3.19. The van der Waals surface area contributed by atoms with Crippen LogP contribution in [-0.2, 0) is 9.53 Å². The number of esters is 1. The molecule has 0 bridgehead atoms. The monoisotopic (exact) mass is 447 g/mol. The van der Waals surface area contributed by atoms with Gasteiger partial charge in [-0.15, -0.1) is 0 Å². The number of ether oxygens (including phenoxy) is 4. The van der Waals surface area contributed by atoms with Crippen molar-refractivity contribution in [3.05, 3.63) is 83.9 Å². The third-order valence-electron chi connectivity index (χ3n) is 5.48. The van der Waals surface area contributed by atoms with E-state index in [2.05, 4.69) is 0 Å². The first-order valence-corrected chi connectivity index (χ1v) is 10.6. The minimum Gasteiger partial charge on any atom is -0.497 e. The van der Waals surface area contributed by atoms with E-state index >= 15 is 0 Å². The Morgan fingerprint density at radius 1 is 0.879 bits per heavy atom. The first-order valence-electron chi connectivity index (χ1n) is 10.6. The van der Waals surface area contributed by atoms with Gasteiger partial charge in [0.2, 0.25) is 6.10 Å². The van der Waals surface area contributed by atoms with Crippen molar-refractivity contribution in [2.24, 2.45) is 0 Å². The van der Waals surface area contributed by atoms with E-state index in [1.165, 1.54) is 0 Å². The van der Waals surface area contributed by atoms with E-state index in [-0.39, 0.29) is 5.91 Å². The van der Waals surface area contributed by atoms with Gasteiger partial charge in [-0.1, -0.05) is 18.2 Å².